The first-order valence-corrected chi connectivity index (χ1v) is 0.651. The largest absolute Gasteiger partial charge is 3.00 e. The second-order valence-electron chi connectivity index (χ2n) is 0.283. The number of rotatable bonds is 0. The van der Waals surface area contributed by atoms with Crippen LogP contribution in [0.2, 0.25) is 0 Å². The maximum atomic E-state index is 8.56. The van der Waals surface area contributed by atoms with E-state index < -0.39 is 6.16 Å². The summed E-state index contributed by atoms with van der Waals surface area (Å²) in [5.74, 6) is 0. The van der Waals surface area contributed by atoms with E-state index in [1.165, 1.54) is 0 Å². The summed E-state index contributed by atoms with van der Waals surface area (Å²) in [4.78, 5) is 8.56. The van der Waals surface area contributed by atoms with Crippen molar-refractivity contribution in [3.8, 4) is 0 Å². The SMILES string of the molecule is O=C(O)O.[Al+3].[O-2]. The molecule has 2 N–H and O–H groups in total. The van der Waals surface area contributed by atoms with E-state index in [0.29, 0.717) is 0 Å². The van der Waals surface area contributed by atoms with Crippen LogP contribution >= 0.6 is 0 Å². The first-order chi connectivity index (χ1) is 1.73. The molecule has 0 saturated heterocycles. The molecule has 0 heterocycles. The molecule has 0 aromatic carbocycles. The number of carboxylic acid groups (broad SMARTS) is 2. The minimum atomic E-state index is -1.83. The Balaban J connectivity index is -0.0000000450. The second kappa shape index (κ2) is 8.83. The Morgan fingerprint density at radius 2 is 1.33 bits per heavy atom. The summed E-state index contributed by atoms with van der Waals surface area (Å²) in [6.07, 6.45) is -1.83. The minimum Gasteiger partial charge on any atom is -2.00 e. The molecule has 0 aliphatic heterocycles. The van der Waals surface area contributed by atoms with Gasteiger partial charge in [0.1, 0.15) is 0 Å². The smallest absolute Gasteiger partial charge is 2.00 e. The molecule has 32 valence electrons. The predicted octanol–water partition coefficient (Wildman–Crippen LogP) is -0.277. The summed E-state index contributed by atoms with van der Waals surface area (Å²) in [5.41, 5.74) is 0. The fraction of sp³-hybridized carbons (Fsp3) is 0. The summed E-state index contributed by atoms with van der Waals surface area (Å²) in [6.45, 7) is 0. The van der Waals surface area contributed by atoms with Crippen molar-refractivity contribution in [3.63, 3.8) is 0 Å². The van der Waals surface area contributed by atoms with E-state index in [2.05, 4.69) is 0 Å². The van der Waals surface area contributed by atoms with Crippen LogP contribution in [-0.4, -0.2) is 33.7 Å². The fourth-order valence-electron chi connectivity index (χ4n) is 0. The number of carbonyl (C=O) groups is 1. The van der Waals surface area contributed by atoms with Crippen molar-refractivity contribution in [1.29, 1.82) is 0 Å². The Hall–Kier alpha value is -0.238. The quantitative estimate of drug-likeness (QED) is 0.415. The molecule has 0 atom stereocenters. The molecule has 0 unspecified atom stereocenters. The molecule has 0 aliphatic rings. The van der Waals surface area contributed by atoms with Gasteiger partial charge in [-0.25, -0.2) is 4.79 Å². The van der Waals surface area contributed by atoms with Crippen LogP contribution in [0.5, 0.6) is 0 Å². The summed E-state index contributed by atoms with van der Waals surface area (Å²) in [6, 6.07) is 0. The Kier molecular flexibility index (Phi) is 25.2. The van der Waals surface area contributed by atoms with Crippen LogP contribution in [0.4, 0.5) is 4.79 Å². The van der Waals surface area contributed by atoms with E-state index in [4.69, 9.17) is 15.0 Å². The topological polar surface area (TPSA) is 86.0 Å². The minimum absolute atomic E-state index is 0. The molecule has 0 bridgehead atoms. The Morgan fingerprint density at radius 3 is 1.33 bits per heavy atom. The van der Waals surface area contributed by atoms with Crippen LogP contribution in [0.25, 0.3) is 0 Å². The molecule has 0 radical (unpaired) electrons. The first kappa shape index (κ1) is 17.1. The van der Waals surface area contributed by atoms with E-state index in [0.717, 1.165) is 0 Å². The van der Waals surface area contributed by atoms with Gasteiger partial charge in [0.25, 0.3) is 0 Å². The van der Waals surface area contributed by atoms with Crippen LogP contribution in [0.3, 0.4) is 0 Å². The van der Waals surface area contributed by atoms with Crippen molar-refractivity contribution in [2.24, 2.45) is 0 Å². The normalized spacial score (nSPS) is 4.00. The van der Waals surface area contributed by atoms with Crippen molar-refractivity contribution in [1.82, 2.24) is 0 Å². The van der Waals surface area contributed by atoms with Crippen molar-refractivity contribution < 1.29 is 20.5 Å². The van der Waals surface area contributed by atoms with E-state index in [1.807, 2.05) is 0 Å². The number of hydrogen-bond donors (Lipinski definition) is 2. The van der Waals surface area contributed by atoms with Crippen LogP contribution in [0, 0.1) is 0 Å². The van der Waals surface area contributed by atoms with Crippen molar-refractivity contribution in [2.75, 3.05) is 0 Å². The summed E-state index contributed by atoms with van der Waals surface area (Å²) in [5, 5.41) is 13.9. The van der Waals surface area contributed by atoms with E-state index >= 15 is 0 Å². The Labute approximate surface area is 44.8 Å². The van der Waals surface area contributed by atoms with Crippen molar-refractivity contribution >= 4 is 23.5 Å². The molecule has 4 nitrogen and oxygen atoms in total. The van der Waals surface area contributed by atoms with Gasteiger partial charge in [0.05, 0.1) is 0 Å². The van der Waals surface area contributed by atoms with E-state index in [1.54, 1.807) is 0 Å². The van der Waals surface area contributed by atoms with Gasteiger partial charge in [-0.2, -0.15) is 0 Å². The molecule has 0 aliphatic carbocycles. The van der Waals surface area contributed by atoms with Crippen molar-refractivity contribution in [3.05, 3.63) is 0 Å². The van der Waals surface area contributed by atoms with Crippen LogP contribution in [0.1, 0.15) is 0 Å². The maximum Gasteiger partial charge on any atom is 3.00 e. The average molecular weight is 105 g/mol. The molecule has 6 heavy (non-hydrogen) atoms. The Bertz CT molecular complexity index is 30.5. The van der Waals surface area contributed by atoms with E-state index in [9.17, 15) is 0 Å². The maximum absolute atomic E-state index is 8.56. The second-order valence-corrected chi connectivity index (χ2v) is 0.283. The Morgan fingerprint density at radius 1 is 1.33 bits per heavy atom. The van der Waals surface area contributed by atoms with Gasteiger partial charge in [0.15, 0.2) is 0 Å². The van der Waals surface area contributed by atoms with Gasteiger partial charge in [-0.05, 0) is 0 Å². The molecular weight excluding hydrogens is 103 g/mol. The zero-order valence-electron chi connectivity index (χ0n) is 2.79. The predicted molar refractivity (Wildman–Crippen MR) is 17.1 cm³/mol. The van der Waals surface area contributed by atoms with Crippen LogP contribution in [-0.2, 0) is 5.48 Å². The monoisotopic (exact) mass is 105 g/mol. The third-order valence-corrected chi connectivity index (χ3v) is 0. The van der Waals surface area contributed by atoms with Gasteiger partial charge in [-0.3, -0.25) is 0 Å². The van der Waals surface area contributed by atoms with Gasteiger partial charge in [-0.1, -0.05) is 0 Å². The first-order valence-electron chi connectivity index (χ1n) is 0.651. The molecular formula is CH2AlO4+. The number of hydrogen-bond acceptors (Lipinski definition) is 1. The van der Waals surface area contributed by atoms with Gasteiger partial charge < -0.3 is 15.7 Å². The van der Waals surface area contributed by atoms with E-state index in [-0.39, 0.29) is 22.8 Å². The molecule has 0 aromatic rings. The fourth-order valence-corrected chi connectivity index (χ4v) is 0. The summed E-state index contributed by atoms with van der Waals surface area (Å²) >= 11 is 0. The third-order valence-electron chi connectivity index (χ3n) is 0. The molecule has 0 fully saturated rings. The molecule has 0 spiro atoms. The standard InChI is InChI=1S/CH2O3.Al.O/c2-1(3)4;;/h(H2,2,3,4);;/q;+3;-2. The van der Waals surface area contributed by atoms with Crippen molar-refractivity contribution in [2.45, 2.75) is 0 Å². The van der Waals surface area contributed by atoms with Gasteiger partial charge in [0.2, 0.25) is 0 Å². The molecule has 0 saturated carbocycles. The van der Waals surface area contributed by atoms with Crippen LogP contribution < -0.4 is 0 Å². The summed E-state index contributed by atoms with van der Waals surface area (Å²) in [7, 11) is 0. The zero-order chi connectivity index (χ0) is 3.58. The van der Waals surface area contributed by atoms with Gasteiger partial charge >= 0.3 is 23.5 Å². The summed E-state index contributed by atoms with van der Waals surface area (Å²) < 4.78 is 0. The van der Waals surface area contributed by atoms with Crippen LogP contribution in [0.15, 0.2) is 0 Å². The average Bonchev–Trinajstić information content (AvgIpc) is 0.811. The molecule has 5 heteroatoms. The van der Waals surface area contributed by atoms with Gasteiger partial charge in [0, 0.05) is 0 Å². The van der Waals surface area contributed by atoms with Gasteiger partial charge in [-0.15, -0.1) is 0 Å². The zero-order valence-corrected chi connectivity index (χ0v) is 3.94. The molecule has 0 rings (SSSR count). The third kappa shape index (κ3) is 509. The molecule has 0 aromatic heterocycles. The molecule has 0 amide bonds.